The summed E-state index contributed by atoms with van der Waals surface area (Å²) in [6.07, 6.45) is 1.10. The molecular formula is C17H29FN2O. The summed E-state index contributed by atoms with van der Waals surface area (Å²) in [5, 5.41) is 3.30. The van der Waals surface area contributed by atoms with Gasteiger partial charge in [0.25, 0.3) is 0 Å². The van der Waals surface area contributed by atoms with Crippen LogP contribution in [-0.4, -0.2) is 33.4 Å². The van der Waals surface area contributed by atoms with Crippen molar-refractivity contribution in [3.63, 3.8) is 0 Å². The SMILES string of the molecule is CCC(C)CN(CC)c1c(F)cccc1CNCCOC. The van der Waals surface area contributed by atoms with Crippen LogP contribution in [-0.2, 0) is 11.3 Å². The molecule has 0 saturated heterocycles. The maximum atomic E-state index is 14.3. The number of methoxy groups -OCH3 is 1. The predicted octanol–water partition coefficient (Wildman–Crippen LogP) is 3.43. The first-order valence-corrected chi connectivity index (χ1v) is 7.85. The van der Waals surface area contributed by atoms with Gasteiger partial charge in [0.05, 0.1) is 12.3 Å². The number of halogens is 1. The van der Waals surface area contributed by atoms with Crippen LogP contribution >= 0.6 is 0 Å². The molecule has 0 aliphatic heterocycles. The summed E-state index contributed by atoms with van der Waals surface area (Å²) in [7, 11) is 1.68. The molecule has 0 saturated carbocycles. The smallest absolute Gasteiger partial charge is 0.146 e. The molecule has 120 valence electrons. The van der Waals surface area contributed by atoms with Gasteiger partial charge in [-0.15, -0.1) is 0 Å². The summed E-state index contributed by atoms with van der Waals surface area (Å²) in [6, 6.07) is 5.33. The Morgan fingerprint density at radius 1 is 1.33 bits per heavy atom. The van der Waals surface area contributed by atoms with E-state index in [2.05, 4.69) is 31.0 Å². The van der Waals surface area contributed by atoms with Crippen LogP contribution in [0.3, 0.4) is 0 Å². The van der Waals surface area contributed by atoms with Gasteiger partial charge >= 0.3 is 0 Å². The van der Waals surface area contributed by atoms with Crippen molar-refractivity contribution in [2.45, 2.75) is 33.7 Å². The normalized spacial score (nSPS) is 12.4. The molecule has 0 bridgehead atoms. The molecule has 0 radical (unpaired) electrons. The second-order valence-corrected chi connectivity index (χ2v) is 5.47. The van der Waals surface area contributed by atoms with Crippen molar-refractivity contribution >= 4 is 5.69 Å². The van der Waals surface area contributed by atoms with Crippen molar-refractivity contribution in [2.75, 3.05) is 38.3 Å². The summed E-state index contributed by atoms with van der Waals surface area (Å²) < 4.78 is 19.3. The molecule has 4 heteroatoms. The van der Waals surface area contributed by atoms with E-state index >= 15 is 0 Å². The molecule has 0 aliphatic carbocycles. The molecule has 1 unspecified atom stereocenters. The van der Waals surface area contributed by atoms with Crippen LogP contribution in [0.25, 0.3) is 0 Å². The molecule has 0 fully saturated rings. The Hall–Kier alpha value is -1.13. The zero-order valence-corrected chi connectivity index (χ0v) is 13.8. The number of anilines is 1. The number of nitrogens with zero attached hydrogens (tertiary/aromatic N) is 1. The van der Waals surface area contributed by atoms with Gasteiger partial charge < -0.3 is 15.0 Å². The minimum absolute atomic E-state index is 0.133. The Morgan fingerprint density at radius 3 is 2.71 bits per heavy atom. The summed E-state index contributed by atoms with van der Waals surface area (Å²) in [4.78, 5) is 2.15. The van der Waals surface area contributed by atoms with Gasteiger partial charge in [0.2, 0.25) is 0 Å². The van der Waals surface area contributed by atoms with Crippen molar-refractivity contribution in [1.82, 2.24) is 5.32 Å². The van der Waals surface area contributed by atoms with Gasteiger partial charge in [-0.1, -0.05) is 32.4 Å². The highest BCUT2D eigenvalue weighted by Gasteiger charge is 2.16. The van der Waals surface area contributed by atoms with E-state index in [0.717, 1.165) is 37.3 Å². The molecule has 1 aromatic rings. The number of hydrogen-bond acceptors (Lipinski definition) is 3. The van der Waals surface area contributed by atoms with E-state index in [4.69, 9.17) is 4.74 Å². The standard InChI is InChI=1S/C17H29FN2O/c1-5-14(3)13-20(6-2)17-15(8-7-9-16(17)18)12-19-10-11-21-4/h7-9,14,19H,5-6,10-13H2,1-4H3. The van der Waals surface area contributed by atoms with Crippen molar-refractivity contribution in [1.29, 1.82) is 0 Å². The van der Waals surface area contributed by atoms with E-state index in [9.17, 15) is 4.39 Å². The van der Waals surface area contributed by atoms with E-state index in [0.29, 0.717) is 19.1 Å². The molecule has 1 aromatic carbocycles. The third-order valence-electron chi connectivity index (χ3n) is 3.80. The van der Waals surface area contributed by atoms with Crippen LogP contribution in [0.1, 0.15) is 32.8 Å². The lowest BCUT2D eigenvalue weighted by atomic mass is 10.1. The van der Waals surface area contributed by atoms with E-state index < -0.39 is 0 Å². The number of nitrogens with one attached hydrogen (secondary N) is 1. The molecular weight excluding hydrogens is 267 g/mol. The Kier molecular flexibility index (Phi) is 8.31. The number of para-hydroxylation sites is 1. The zero-order valence-electron chi connectivity index (χ0n) is 13.8. The third kappa shape index (κ3) is 5.64. The lowest BCUT2D eigenvalue weighted by molar-refractivity contribution is 0.199. The first-order chi connectivity index (χ1) is 10.1. The molecule has 1 rings (SSSR count). The quantitative estimate of drug-likeness (QED) is 0.669. The summed E-state index contributed by atoms with van der Waals surface area (Å²) in [5.74, 6) is 0.421. The highest BCUT2D eigenvalue weighted by Crippen LogP contribution is 2.25. The number of benzene rings is 1. The summed E-state index contributed by atoms with van der Waals surface area (Å²) in [6.45, 7) is 10.3. The molecule has 21 heavy (non-hydrogen) atoms. The summed E-state index contributed by atoms with van der Waals surface area (Å²) >= 11 is 0. The average molecular weight is 296 g/mol. The van der Waals surface area contributed by atoms with E-state index in [1.54, 1.807) is 19.2 Å². The second kappa shape index (κ2) is 9.74. The van der Waals surface area contributed by atoms with Crippen molar-refractivity contribution in [2.24, 2.45) is 5.92 Å². The molecule has 0 heterocycles. The van der Waals surface area contributed by atoms with Crippen molar-refractivity contribution in [3.8, 4) is 0 Å². The van der Waals surface area contributed by atoms with Crippen LogP contribution in [0, 0.1) is 11.7 Å². The van der Waals surface area contributed by atoms with Gasteiger partial charge in [-0.3, -0.25) is 0 Å². The van der Waals surface area contributed by atoms with Crippen LogP contribution in [0.15, 0.2) is 18.2 Å². The minimum atomic E-state index is -0.133. The minimum Gasteiger partial charge on any atom is -0.383 e. The molecule has 1 atom stereocenters. The fraction of sp³-hybridized carbons (Fsp3) is 0.647. The van der Waals surface area contributed by atoms with Crippen LogP contribution in [0.4, 0.5) is 10.1 Å². The van der Waals surface area contributed by atoms with Crippen molar-refractivity contribution in [3.05, 3.63) is 29.6 Å². The highest BCUT2D eigenvalue weighted by molar-refractivity contribution is 5.55. The Morgan fingerprint density at radius 2 is 2.10 bits per heavy atom. The maximum Gasteiger partial charge on any atom is 0.146 e. The predicted molar refractivity (Wildman–Crippen MR) is 87.3 cm³/mol. The van der Waals surface area contributed by atoms with Gasteiger partial charge in [-0.05, 0) is 24.5 Å². The van der Waals surface area contributed by atoms with E-state index in [1.807, 2.05) is 6.07 Å². The molecule has 3 nitrogen and oxygen atoms in total. The zero-order chi connectivity index (χ0) is 15.7. The number of ether oxygens (including phenoxy) is 1. The van der Waals surface area contributed by atoms with Crippen LogP contribution in [0.5, 0.6) is 0 Å². The third-order valence-corrected chi connectivity index (χ3v) is 3.80. The average Bonchev–Trinajstić information content (AvgIpc) is 2.49. The van der Waals surface area contributed by atoms with Gasteiger partial charge in [-0.25, -0.2) is 4.39 Å². The van der Waals surface area contributed by atoms with Gasteiger partial charge in [0.1, 0.15) is 5.82 Å². The number of hydrogen-bond donors (Lipinski definition) is 1. The molecule has 0 aromatic heterocycles. The first kappa shape index (κ1) is 17.9. The van der Waals surface area contributed by atoms with E-state index in [-0.39, 0.29) is 5.82 Å². The lowest BCUT2D eigenvalue weighted by Gasteiger charge is -2.29. The van der Waals surface area contributed by atoms with Crippen LogP contribution < -0.4 is 10.2 Å². The topological polar surface area (TPSA) is 24.5 Å². The lowest BCUT2D eigenvalue weighted by Crippen LogP contribution is -2.31. The van der Waals surface area contributed by atoms with Gasteiger partial charge in [0.15, 0.2) is 0 Å². The second-order valence-electron chi connectivity index (χ2n) is 5.47. The molecule has 0 spiro atoms. The van der Waals surface area contributed by atoms with Crippen molar-refractivity contribution < 1.29 is 9.13 Å². The largest absolute Gasteiger partial charge is 0.383 e. The Labute approximate surface area is 128 Å². The Balaban J connectivity index is 2.86. The number of rotatable bonds is 10. The maximum absolute atomic E-state index is 14.3. The van der Waals surface area contributed by atoms with Gasteiger partial charge in [0, 0.05) is 33.3 Å². The molecule has 0 aliphatic rings. The van der Waals surface area contributed by atoms with Gasteiger partial charge in [-0.2, -0.15) is 0 Å². The first-order valence-electron chi connectivity index (χ1n) is 7.85. The fourth-order valence-electron chi connectivity index (χ4n) is 2.34. The molecule has 1 N–H and O–H groups in total. The highest BCUT2D eigenvalue weighted by atomic mass is 19.1. The van der Waals surface area contributed by atoms with E-state index in [1.165, 1.54) is 0 Å². The van der Waals surface area contributed by atoms with Crippen LogP contribution in [0.2, 0.25) is 0 Å². The summed E-state index contributed by atoms with van der Waals surface area (Å²) in [5.41, 5.74) is 1.75. The fourth-order valence-corrected chi connectivity index (χ4v) is 2.34. The monoisotopic (exact) mass is 296 g/mol. The molecule has 0 amide bonds. The Bertz CT molecular complexity index is 412.